The van der Waals surface area contributed by atoms with Crippen LogP contribution in [-0.4, -0.2) is 37.7 Å². The third-order valence-corrected chi connectivity index (χ3v) is 1.17. The van der Waals surface area contributed by atoms with Crippen LogP contribution in [0.15, 0.2) is 12.1 Å². The number of aromatic nitrogens is 1. The average molecular weight is 403 g/mol. The van der Waals surface area contributed by atoms with E-state index in [-0.39, 0.29) is 0 Å². The van der Waals surface area contributed by atoms with Crippen molar-refractivity contribution in [1.29, 1.82) is 0 Å². The van der Waals surface area contributed by atoms with Crippen LogP contribution in [0, 0.1) is 11.8 Å². The summed E-state index contributed by atoms with van der Waals surface area (Å²) in [7, 11) is 0. The van der Waals surface area contributed by atoms with E-state index in [2.05, 4.69) is 46.5 Å². The van der Waals surface area contributed by atoms with Crippen molar-refractivity contribution in [1.82, 2.24) is 4.98 Å². The number of nitrogen functional groups attached to an aromatic ring is 1. The van der Waals surface area contributed by atoms with Crippen LogP contribution in [-0.2, 0) is 0 Å². The molecule has 10 heteroatoms. The molecule has 6 N–H and O–H groups in total. The first-order valence-electron chi connectivity index (χ1n) is 7.04. The highest BCUT2D eigenvalue weighted by molar-refractivity contribution is 6.32. The molecule has 0 saturated carbocycles. The lowest BCUT2D eigenvalue weighted by Gasteiger charge is -1.92. The minimum atomic E-state index is -1.83. The number of pyridine rings is 1. The van der Waals surface area contributed by atoms with Gasteiger partial charge in [0.05, 0.1) is 0 Å². The highest BCUT2D eigenvalue weighted by atomic mass is 35.5. The van der Waals surface area contributed by atoms with Crippen molar-refractivity contribution in [3.05, 3.63) is 22.4 Å². The van der Waals surface area contributed by atoms with E-state index in [1.807, 2.05) is 0 Å². The summed E-state index contributed by atoms with van der Waals surface area (Å²) in [6.45, 7) is 13.0. The summed E-state index contributed by atoms with van der Waals surface area (Å²) in [6.07, 6.45) is -3.67. The first-order chi connectivity index (χ1) is 11.1. The third-order valence-electron chi connectivity index (χ3n) is 0.785. The zero-order chi connectivity index (χ0) is 21.2. The Hall–Kier alpha value is -1.93. The standard InChI is InChI=1S/C5H4Cl2N2.2C4H10.2CH2O3/c6-4-1-3(8)2-5(7)9-4;2*1-4(2)3;2*2-1(3)4/h1-2H,(H2,8,9);2*4H,1-3H3;2*(H2,2,3,4). The predicted octanol–water partition coefficient (Wildman–Crippen LogP) is 5.74. The summed E-state index contributed by atoms with van der Waals surface area (Å²) in [5, 5.41) is 28.5. The van der Waals surface area contributed by atoms with Crippen molar-refractivity contribution in [3.63, 3.8) is 0 Å². The highest BCUT2D eigenvalue weighted by Gasteiger charge is 1.93. The van der Waals surface area contributed by atoms with Crippen LogP contribution in [0.5, 0.6) is 0 Å². The topological polar surface area (TPSA) is 154 Å². The Balaban J connectivity index is -0.000000119. The maximum Gasteiger partial charge on any atom is 0.503 e. The maximum absolute atomic E-state index is 8.56. The van der Waals surface area contributed by atoms with Gasteiger partial charge >= 0.3 is 12.3 Å². The van der Waals surface area contributed by atoms with E-state index in [0.29, 0.717) is 16.0 Å². The number of rotatable bonds is 0. The molecule has 0 amide bonds. The van der Waals surface area contributed by atoms with E-state index in [0.717, 1.165) is 11.8 Å². The van der Waals surface area contributed by atoms with E-state index in [1.165, 1.54) is 12.1 Å². The molecule has 0 aliphatic carbocycles. The van der Waals surface area contributed by atoms with Crippen LogP contribution in [0.25, 0.3) is 0 Å². The molecule has 0 aliphatic heterocycles. The summed E-state index contributed by atoms with van der Waals surface area (Å²) in [4.78, 5) is 20.8. The number of carboxylic acid groups (broad SMARTS) is 4. The van der Waals surface area contributed by atoms with Gasteiger partial charge in [0.2, 0.25) is 0 Å². The van der Waals surface area contributed by atoms with Gasteiger partial charge in [-0.05, 0) is 24.0 Å². The molecule has 0 unspecified atom stereocenters. The van der Waals surface area contributed by atoms with E-state index in [9.17, 15) is 0 Å². The van der Waals surface area contributed by atoms with Crippen molar-refractivity contribution in [2.75, 3.05) is 5.73 Å². The van der Waals surface area contributed by atoms with Gasteiger partial charge in [-0.1, -0.05) is 64.7 Å². The summed E-state index contributed by atoms with van der Waals surface area (Å²) >= 11 is 10.9. The molecule has 0 fully saturated rings. The lowest BCUT2D eigenvalue weighted by atomic mass is 10.3. The van der Waals surface area contributed by atoms with Crippen molar-refractivity contribution in [2.45, 2.75) is 41.5 Å². The largest absolute Gasteiger partial charge is 0.503 e. The van der Waals surface area contributed by atoms with Gasteiger partial charge in [-0.25, -0.2) is 14.6 Å². The average Bonchev–Trinajstić information content (AvgIpc) is 2.22. The molecule has 0 saturated heterocycles. The number of nitrogens with zero attached hydrogens (tertiary/aromatic N) is 1. The van der Waals surface area contributed by atoms with E-state index in [4.69, 9.17) is 59.0 Å². The van der Waals surface area contributed by atoms with Crippen LogP contribution in [0.2, 0.25) is 10.3 Å². The van der Waals surface area contributed by atoms with Crippen molar-refractivity contribution in [2.24, 2.45) is 11.8 Å². The van der Waals surface area contributed by atoms with Gasteiger partial charge in [0.1, 0.15) is 10.3 Å². The first-order valence-corrected chi connectivity index (χ1v) is 7.79. The second-order valence-electron chi connectivity index (χ2n) is 5.58. The Morgan fingerprint density at radius 1 is 0.840 bits per heavy atom. The second kappa shape index (κ2) is 20.1. The second-order valence-corrected chi connectivity index (χ2v) is 6.35. The molecule has 1 aromatic rings. The summed E-state index contributed by atoms with van der Waals surface area (Å²) < 4.78 is 0. The smallest absolute Gasteiger partial charge is 0.450 e. The van der Waals surface area contributed by atoms with Crippen LogP contribution >= 0.6 is 23.2 Å². The van der Waals surface area contributed by atoms with E-state index < -0.39 is 12.3 Å². The normalized spacial score (nSPS) is 8.24. The molecule has 1 rings (SSSR count). The minimum absolute atomic E-state index is 0.319. The lowest BCUT2D eigenvalue weighted by Crippen LogP contribution is -1.85. The summed E-state index contributed by atoms with van der Waals surface area (Å²) in [6, 6.07) is 3.07. The zero-order valence-electron chi connectivity index (χ0n) is 15.2. The molecule has 1 aromatic heterocycles. The van der Waals surface area contributed by atoms with Crippen LogP contribution in [0.3, 0.4) is 0 Å². The van der Waals surface area contributed by atoms with Crippen molar-refractivity contribution < 1.29 is 30.0 Å². The molecule has 0 atom stereocenters. The molecule has 8 nitrogen and oxygen atoms in total. The van der Waals surface area contributed by atoms with E-state index in [1.54, 1.807) is 0 Å². The maximum atomic E-state index is 8.56. The van der Waals surface area contributed by atoms with Gasteiger partial charge in [0, 0.05) is 5.69 Å². The molecule has 0 radical (unpaired) electrons. The van der Waals surface area contributed by atoms with Crippen LogP contribution < -0.4 is 5.73 Å². The fraction of sp³-hybridized carbons (Fsp3) is 0.533. The Morgan fingerprint density at radius 3 is 1.12 bits per heavy atom. The quantitative estimate of drug-likeness (QED) is 0.344. The van der Waals surface area contributed by atoms with Crippen LogP contribution in [0.4, 0.5) is 15.3 Å². The SMILES string of the molecule is CC(C)C.CC(C)C.Nc1cc(Cl)nc(Cl)c1.O=C(O)O.O=C(O)O. The predicted molar refractivity (Wildman–Crippen MR) is 101 cm³/mol. The number of hydrogen-bond acceptors (Lipinski definition) is 4. The molecule has 0 bridgehead atoms. The molecule has 0 spiro atoms. The first kappa shape index (κ1) is 30.9. The fourth-order valence-electron chi connectivity index (χ4n) is 0.483. The Kier molecular flexibility index (Phi) is 24.9. The molecular weight excluding hydrogens is 375 g/mol. The lowest BCUT2D eigenvalue weighted by molar-refractivity contribution is 0.135. The number of halogens is 2. The zero-order valence-corrected chi connectivity index (χ0v) is 16.7. The van der Waals surface area contributed by atoms with Gasteiger partial charge in [0.15, 0.2) is 0 Å². The minimum Gasteiger partial charge on any atom is -0.450 e. The van der Waals surface area contributed by atoms with Gasteiger partial charge in [-0.2, -0.15) is 0 Å². The Bertz CT molecular complexity index is 389. The number of carbonyl (C=O) groups is 2. The van der Waals surface area contributed by atoms with Crippen molar-refractivity contribution >= 4 is 41.2 Å². The molecule has 148 valence electrons. The molecule has 0 aliphatic rings. The Labute approximate surface area is 158 Å². The van der Waals surface area contributed by atoms with Crippen molar-refractivity contribution in [3.8, 4) is 0 Å². The fourth-order valence-corrected chi connectivity index (χ4v) is 0.961. The van der Waals surface area contributed by atoms with Crippen LogP contribution in [0.1, 0.15) is 41.5 Å². The highest BCUT2D eigenvalue weighted by Crippen LogP contribution is 2.15. The molecule has 1 heterocycles. The Morgan fingerprint density at radius 2 is 1.00 bits per heavy atom. The summed E-state index contributed by atoms with van der Waals surface area (Å²) in [5.74, 6) is 1.67. The number of anilines is 1. The third kappa shape index (κ3) is 87.7. The monoisotopic (exact) mass is 402 g/mol. The number of hydrogen-bond donors (Lipinski definition) is 5. The van der Waals surface area contributed by atoms with Gasteiger partial charge in [-0.15, -0.1) is 0 Å². The molecule has 0 aromatic carbocycles. The van der Waals surface area contributed by atoms with Gasteiger partial charge in [-0.3, -0.25) is 0 Å². The van der Waals surface area contributed by atoms with Gasteiger partial charge < -0.3 is 26.2 Å². The summed E-state index contributed by atoms with van der Waals surface area (Å²) in [5.41, 5.74) is 5.88. The number of nitrogens with two attached hydrogens (primary N) is 1. The van der Waals surface area contributed by atoms with E-state index >= 15 is 0 Å². The molecular formula is C15H28Cl2N2O6. The van der Waals surface area contributed by atoms with Gasteiger partial charge in [0.25, 0.3) is 0 Å². The molecule has 25 heavy (non-hydrogen) atoms.